The molecule has 0 aliphatic rings. The minimum absolute atomic E-state index is 0.370. The summed E-state index contributed by atoms with van der Waals surface area (Å²) in [5, 5.41) is 12.8. The number of carbonyl (C=O) groups is 2. The van der Waals surface area contributed by atoms with E-state index < -0.39 is 12.6 Å². The molecule has 0 aliphatic heterocycles. The zero-order valence-electron chi connectivity index (χ0n) is 11.9. The van der Waals surface area contributed by atoms with Crippen molar-refractivity contribution in [1.29, 1.82) is 0 Å². The minimum Gasteiger partial charge on any atom is -0.482 e. The summed E-state index contributed by atoms with van der Waals surface area (Å²) in [6.07, 6.45) is 1.46. The molecule has 118 valence electrons. The van der Waals surface area contributed by atoms with Gasteiger partial charge in [0.15, 0.2) is 6.61 Å². The zero-order chi connectivity index (χ0) is 16.7. The highest BCUT2D eigenvalue weighted by molar-refractivity contribution is 6.30. The Morgan fingerprint density at radius 1 is 1.22 bits per heavy atom. The van der Waals surface area contributed by atoms with Crippen LogP contribution in [0.1, 0.15) is 15.9 Å². The maximum atomic E-state index is 11.8. The minimum atomic E-state index is -1.04. The second-order valence-electron chi connectivity index (χ2n) is 4.46. The van der Waals surface area contributed by atoms with E-state index in [-0.39, 0.29) is 5.91 Å². The lowest BCUT2D eigenvalue weighted by Gasteiger charge is -2.03. The SMILES string of the molecule is O=C(O)COc1ccc(/C=N/NC(=O)c2cccc(Cl)c2)cc1. The van der Waals surface area contributed by atoms with E-state index in [9.17, 15) is 9.59 Å². The fourth-order valence-electron chi connectivity index (χ4n) is 1.65. The van der Waals surface area contributed by atoms with Crippen molar-refractivity contribution < 1.29 is 19.4 Å². The van der Waals surface area contributed by atoms with E-state index in [1.54, 1.807) is 48.5 Å². The molecule has 0 saturated heterocycles. The number of hydrogen-bond donors (Lipinski definition) is 2. The highest BCUT2D eigenvalue weighted by atomic mass is 35.5. The van der Waals surface area contributed by atoms with Gasteiger partial charge in [-0.15, -0.1) is 0 Å². The molecule has 0 aromatic heterocycles. The van der Waals surface area contributed by atoms with Crippen LogP contribution in [0.5, 0.6) is 5.75 Å². The van der Waals surface area contributed by atoms with Gasteiger partial charge in [-0.2, -0.15) is 5.10 Å². The number of amides is 1. The van der Waals surface area contributed by atoms with Crippen LogP contribution in [-0.4, -0.2) is 29.8 Å². The summed E-state index contributed by atoms with van der Waals surface area (Å²) in [6.45, 7) is -0.400. The summed E-state index contributed by atoms with van der Waals surface area (Å²) in [6, 6.07) is 13.1. The first-order valence-electron chi connectivity index (χ1n) is 6.58. The van der Waals surface area contributed by atoms with Gasteiger partial charge in [-0.25, -0.2) is 10.2 Å². The molecule has 0 saturated carbocycles. The molecule has 2 aromatic carbocycles. The molecule has 0 heterocycles. The average Bonchev–Trinajstić information content (AvgIpc) is 2.54. The molecule has 0 radical (unpaired) electrons. The van der Waals surface area contributed by atoms with Crippen molar-refractivity contribution in [3.05, 3.63) is 64.7 Å². The van der Waals surface area contributed by atoms with E-state index in [1.807, 2.05) is 0 Å². The summed E-state index contributed by atoms with van der Waals surface area (Å²) in [5.41, 5.74) is 3.52. The topological polar surface area (TPSA) is 88.0 Å². The molecular formula is C16H13ClN2O4. The second kappa shape index (κ2) is 7.95. The molecule has 2 N–H and O–H groups in total. The first-order valence-corrected chi connectivity index (χ1v) is 6.96. The first-order chi connectivity index (χ1) is 11.0. The van der Waals surface area contributed by atoms with Crippen LogP contribution in [0.2, 0.25) is 5.02 Å². The van der Waals surface area contributed by atoms with E-state index in [2.05, 4.69) is 10.5 Å². The summed E-state index contributed by atoms with van der Waals surface area (Å²) in [5.74, 6) is -0.975. The Hall–Kier alpha value is -2.86. The monoisotopic (exact) mass is 332 g/mol. The molecular weight excluding hydrogens is 320 g/mol. The van der Waals surface area contributed by atoms with Crippen LogP contribution in [0.3, 0.4) is 0 Å². The Labute approximate surface area is 137 Å². The van der Waals surface area contributed by atoms with Crippen molar-refractivity contribution >= 4 is 29.7 Å². The van der Waals surface area contributed by atoms with Gasteiger partial charge in [0.2, 0.25) is 0 Å². The van der Waals surface area contributed by atoms with Crippen LogP contribution in [0.25, 0.3) is 0 Å². The Morgan fingerprint density at radius 3 is 2.61 bits per heavy atom. The number of halogens is 1. The average molecular weight is 333 g/mol. The summed E-state index contributed by atoms with van der Waals surface area (Å²) >= 11 is 5.81. The molecule has 2 aromatic rings. The molecule has 0 fully saturated rings. The molecule has 7 heteroatoms. The van der Waals surface area contributed by atoms with Crippen molar-refractivity contribution in [2.75, 3.05) is 6.61 Å². The number of nitrogens with one attached hydrogen (secondary N) is 1. The lowest BCUT2D eigenvalue weighted by atomic mass is 10.2. The lowest BCUT2D eigenvalue weighted by molar-refractivity contribution is -0.139. The van der Waals surface area contributed by atoms with Crippen LogP contribution in [-0.2, 0) is 4.79 Å². The number of carboxylic acids is 1. The molecule has 0 bridgehead atoms. The van der Waals surface area contributed by atoms with Crippen LogP contribution >= 0.6 is 11.6 Å². The van der Waals surface area contributed by atoms with Crippen molar-refractivity contribution in [3.8, 4) is 5.75 Å². The number of rotatable bonds is 6. The Bertz CT molecular complexity index is 729. The summed E-state index contributed by atoms with van der Waals surface area (Å²) < 4.78 is 5.01. The van der Waals surface area contributed by atoms with E-state index in [1.165, 1.54) is 6.21 Å². The number of benzene rings is 2. The Balaban J connectivity index is 1.90. The van der Waals surface area contributed by atoms with E-state index in [0.717, 1.165) is 5.56 Å². The largest absolute Gasteiger partial charge is 0.482 e. The van der Waals surface area contributed by atoms with Gasteiger partial charge in [0.05, 0.1) is 6.21 Å². The van der Waals surface area contributed by atoms with Gasteiger partial charge in [0, 0.05) is 10.6 Å². The predicted molar refractivity (Wildman–Crippen MR) is 86.1 cm³/mol. The zero-order valence-corrected chi connectivity index (χ0v) is 12.7. The van der Waals surface area contributed by atoms with Gasteiger partial charge in [0.1, 0.15) is 5.75 Å². The number of carbonyl (C=O) groups excluding carboxylic acids is 1. The van der Waals surface area contributed by atoms with Gasteiger partial charge in [0.25, 0.3) is 5.91 Å². The number of aliphatic carboxylic acids is 1. The molecule has 0 spiro atoms. The van der Waals surface area contributed by atoms with Crippen molar-refractivity contribution in [1.82, 2.24) is 5.43 Å². The molecule has 23 heavy (non-hydrogen) atoms. The molecule has 2 rings (SSSR count). The highest BCUT2D eigenvalue weighted by Crippen LogP contribution is 2.11. The molecule has 0 aliphatic carbocycles. The van der Waals surface area contributed by atoms with E-state index >= 15 is 0 Å². The predicted octanol–water partition coefficient (Wildman–Crippen LogP) is 2.57. The normalized spacial score (nSPS) is 10.5. The van der Waals surface area contributed by atoms with Gasteiger partial charge in [-0.05, 0) is 48.0 Å². The fourth-order valence-corrected chi connectivity index (χ4v) is 1.85. The quantitative estimate of drug-likeness (QED) is 0.628. The molecule has 0 unspecified atom stereocenters. The Kier molecular flexibility index (Phi) is 5.71. The molecule has 1 amide bonds. The number of hydrogen-bond acceptors (Lipinski definition) is 4. The third kappa shape index (κ3) is 5.44. The maximum Gasteiger partial charge on any atom is 0.341 e. The number of hydrazone groups is 1. The van der Waals surface area contributed by atoms with E-state index in [4.69, 9.17) is 21.4 Å². The summed E-state index contributed by atoms with van der Waals surface area (Å²) in [7, 11) is 0. The highest BCUT2D eigenvalue weighted by Gasteiger charge is 2.04. The molecule has 6 nitrogen and oxygen atoms in total. The molecule has 0 atom stereocenters. The smallest absolute Gasteiger partial charge is 0.341 e. The van der Waals surface area contributed by atoms with Gasteiger partial charge in [-0.3, -0.25) is 4.79 Å². The number of carboxylic acid groups (broad SMARTS) is 1. The van der Waals surface area contributed by atoms with Crippen LogP contribution in [0, 0.1) is 0 Å². The van der Waals surface area contributed by atoms with Crippen LogP contribution in [0.15, 0.2) is 53.6 Å². The van der Waals surface area contributed by atoms with Gasteiger partial charge >= 0.3 is 5.97 Å². The standard InChI is InChI=1S/C16H13ClN2O4/c17-13-3-1-2-12(8-13)16(22)19-18-9-11-4-6-14(7-5-11)23-10-15(20)21/h1-9H,10H2,(H,19,22)(H,20,21)/b18-9+. The van der Waals surface area contributed by atoms with Crippen molar-refractivity contribution in [3.63, 3.8) is 0 Å². The lowest BCUT2D eigenvalue weighted by Crippen LogP contribution is -2.17. The second-order valence-corrected chi connectivity index (χ2v) is 4.90. The number of ether oxygens (including phenoxy) is 1. The van der Waals surface area contributed by atoms with Crippen LogP contribution < -0.4 is 10.2 Å². The Morgan fingerprint density at radius 2 is 1.96 bits per heavy atom. The maximum absolute atomic E-state index is 11.8. The van der Waals surface area contributed by atoms with E-state index in [0.29, 0.717) is 16.3 Å². The third-order valence-electron chi connectivity index (χ3n) is 2.71. The number of nitrogens with zero attached hydrogens (tertiary/aromatic N) is 1. The first kappa shape index (κ1) is 16.5. The fraction of sp³-hybridized carbons (Fsp3) is 0.0625. The third-order valence-corrected chi connectivity index (χ3v) is 2.94. The van der Waals surface area contributed by atoms with Crippen LogP contribution in [0.4, 0.5) is 0 Å². The summed E-state index contributed by atoms with van der Waals surface area (Å²) in [4.78, 5) is 22.2. The van der Waals surface area contributed by atoms with Gasteiger partial charge < -0.3 is 9.84 Å². The van der Waals surface area contributed by atoms with Crippen molar-refractivity contribution in [2.45, 2.75) is 0 Å². The van der Waals surface area contributed by atoms with Gasteiger partial charge in [-0.1, -0.05) is 17.7 Å². The van der Waals surface area contributed by atoms with Crippen molar-refractivity contribution in [2.24, 2.45) is 5.10 Å².